The lowest BCUT2D eigenvalue weighted by Gasteiger charge is -2.11. The van der Waals surface area contributed by atoms with E-state index in [1.807, 2.05) is 11.3 Å². The summed E-state index contributed by atoms with van der Waals surface area (Å²) in [6.07, 6.45) is 0. The van der Waals surface area contributed by atoms with Crippen molar-refractivity contribution in [2.75, 3.05) is 0 Å². The van der Waals surface area contributed by atoms with Crippen molar-refractivity contribution in [1.29, 1.82) is 0 Å². The lowest BCUT2D eigenvalue weighted by Crippen LogP contribution is -1.94. The summed E-state index contributed by atoms with van der Waals surface area (Å²) in [5, 5.41) is 10.7. The molecule has 244 valence electrons. The van der Waals surface area contributed by atoms with Gasteiger partial charge in [0.1, 0.15) is 0 Å². The minimum atomic E-state index is 1.20. The first-order valence-electron chi connectivity index (χ1n) is 18.4. The molecule has 0 atom stereocenters. The smallest absolute Gasteiger partial charge is 0.0553 e. The van der Waals surface area contributed by atoms with Crippen LogP contribution in [0.15, 0.2) is 158 Å². The molecule has 53 heavy (non-hydrogen) atoms. The maximum atomic E-state index is 2.52. The largest absolute Gasteiger partial charge is 0.309 e. The Morgan fingerprint density at radius 2 is 0.962 bits per heavy atom. The van der Waals surface area contributed by atoms with Gasteiger partial charge < -0.3 is 4.57 Å². The Labute approximate surface area is 309 Å². The van der Waals surface area contributed by atoms with Gasteiger partial charge in [0.15, 0.2) is 0 Å². The molecule has 2 heterocycles. The van der Waals surface area contributed by atoms with E-state index in [1.54, 1.807) is 0 Å². The molecule has 1 nitrogen and oxygen atoms in total. The second-order valence-corrected chi connectivity index (χ2v) is 16.0. The molecule has 0 fully saturated rings. The van der Waals surface area contributed by atoms with Crippen molar-refractivity contribution in [3.05, 3.63) is 163 Å². The first kappa shape index (κ1) is 28.1. The quantitative estimate of drug-likeness (QED) is 0.170. The van der Waals surface area contributed by atoms with Gasteiger partial charge in [0.05, 0.1) is 11.0 Å². The molecule has 11 aromatic rings. The van der Waals surface area contributed by atoms with E-state index in [9.17, 15) is 0 Å². The van der Waals surface area contributed by atoms with Gasteiger partial charge >= 0.3 is 0 Å². The van der Waals surface area contributed by atoms with Gasteiger partial charge in [-0.1, -0.05) is 115 Å². The van der Waals surface area contributed by atoms with Crippen molar-refractivity contribution in [3.63, 3.8) is 0 Å². The van der Waals surface area contributed by atoms with Crippen molar-refractivity contribution in [3.8, 4) is 61.3 Å². The number of fused-ring (bicyclic) bond motifs is 13. The molecule has 0 bridgehead atoms. The zero-order valence-corrected chi connectivity index (χ0v) is 29.7. The molecule has 13 rings (SSSR count). The number of aryl methyl sites for hydroxylation is 1. The Kier molecular flexibility index (Phi) is 5.25. The van der Waals surface area contributed by atoms with Crippen LogP contribution >= 0.6 is 11.3 Å². The maximum Gasteiger partial charge on any atom is 0.0553 e. The first-order chi connectivity index (χ1) is 26.2. The van der Waals surface area contributed by atoms with E-state index in [-0.39, 0.29) is 0 Å². The van der Waals surface area contributed by atoms with Crippen LogP contribution in [0.25, 0.3) is 125 Å². The topological polar surface area (TPSA) is 4.93 Å². The van der Waals surface area contributed by atoms with E-state index in [4.69, 9.17) is 0 Å². The van der Waals surface area contributed by atoms with Gasteiger partial charge in [-0.15, -0.1) is 11.3 Å². The fourth-order valence-corrected chi connectivity index (χ4v) is 11.0. The van der Waals surface area contributed by atoms with Gasteiger partial charge in [-0.05, 0) is 132 Å². The predicted octanol–water partition coefficient (Wildman–Crippen LogP) is 14.7. The number of benzene rings is 9. The van der Waals surface area contributed by atoms with E-state index in [2.05, 4.69) is 169 Å². The molecule has 0 spiro atoms. The molecule has 2 aliphatic carbocycles. The zero-order chi connectivity index (χ0) is 34.5. The van der Waals surface area contributed by atoms with Gasteiger partial charge in [0, 0.05) is 36.6 Å². The summed E-state index contributed by atoms with van der Waals surface area (Å²) < 4.78 is 5.16. The Balaban J connectivity index is 1.06. The SMILES string of the molecule is Cc1ccc2c3c4cccc5c4c(cc3n(-c3ccc4sc6ccc(-c7ccc8c9c(cccc79)-c7ccccc7-8)cc6c4c3)c2c1)-c1ccccc1-5. The van der Waals surface area contributed by atoms with Crippen molar-refractivity contribution in [2.45, 2.75) is 6.92 Å². The van der Waals surface area contributed by atoms with E-state index in [0.717, 1.165) is 0 Å². The number of thiophene rings is 1. The molecule has 0 unspecified atom stereocenters. The first-order valence-corrected chi connectivity index (χ1v) is 19.2. The Hall–Kier alpha value is -6.48. The maximum absolute atomic E-state index is 2.52. The van der Waals surface area contributed by atoms with Crippen LogP contribution in [0.3, 0.4) is 0 Å². The Morgan fingerprint density at radius 3 is 1.72 bits per heavy atom. The lowest BCUT2D eigenvalue weighted by atomic mass is 9.93. The standard InChI is InChI=1S/C51H29NS/c1-28-16-19-40-45(24-28)52(46-27-44-35-11-5-4-10-34(35)38-14-7-15-41(50(38)44)51(40)46)30-18-23-48-43(26-30)42-25-29(17-22-47(42)53-48)31-20-21-39-33-9-3-2-8-32(33)37-13-6-12-36(31)49(37)39/h2-27H,1H3. The average Bonchev–Trinajstić information content (AvgIpc) is 3.93. The summed E-state index contributed by atoms with van der Waals surface area (Å²) in [4.78, 5) is 0. The Bertz CT molecular complexity index is 3430. The van der Waals surface area contributed by atoms with E-state index in [0.29, 0.717) is 0 Å². The number of rotatable bonds is 2. The molecule has 2 heteroatoms. The number of aromatic nitrogens is 1. The van der Waals surface area contributed by atoms with E-state index in [1.165, 1.54) is 130 Å². The fourth-order valence-electron chi connectivity index (χ4n) is 9.90. The van der Waals surface area contributed by atoms with Crippen LogP contribution in [0.2, 0.25) is 0 Å². The molecular formula is C51H29NS. The van der Waals surface area contributed by atoms with Gasteiger partial charge in [-0.2, -0.15) is 0 Å². The highest BCUT2D eigenvalue weighted by atomic mass is 32.1. The summed E-state index contributed by atoms with van der Waals surface area (Å²) in [5.74, 6) is 0. The van der Waals surface area contributed by atoms with Crippen LogP contribution in [0, 0.1) is 6.92 Å². The summed E-state index contributed by atoms with van der Waals surface area (Å²) in [7, 11) is 0. The van der Waals surface area contributed by atoms with Crippen LogP contribution in [-0.2, 0) is 0 Å². The third kappa shape index (κ3) is 3.56. The zero-order valence-electron chi connectivity index (χ0n) is 28.9. The third-order valence-corrected chi connectivity index (χ3v) is 13.3. The molecule has 0 aliphatic heterocycles. The van der Waals surface area contributed by atoms with Gasteiger partial charge in [0.2, 0.25) is 0 Å². The Morgan fingerprint density at radius 1 is 0.358 bits per heavy atom. The summed E-state index contributed by atoms with van der Waals surface area (Å²) in [6.45, 7) is 2.21. The molecular weight excluding hydrogens is 659 g/mol. The van der Waals surface area contributed by atoms with Gasteiger partial charge in [-0.3, -0.25) is 0 Å². The molecule has 0 saturated carbocycles. The minimum Gasteiger partial charge on any atom is -0.309 e. The number of nitrogens with zero attached hydrogens (tertiary/aromatic N) is 1. The van der Waals surface area contributed by atoms with Crippen molar-refractivity contribution in [1.82, 2.24) is 4.57 Å². The predicted molar refractivity (Wildman–Crippen MR) is 228 cm³/mol. The normalized spacial score (nSPS) is 12.6. The molecule has 0 amide bonds. The molecule has 0 radical (unpaired) electrons. The van der Waals surface area contributed by atoms with Gasteiger partial charge in [0.25, 0.3) is 0 Å². The molecule has 9 aromatic carbocycles. The van der Waals surface area contributed by atoms with Crippen LogP contribution in [0.4, 0.5) is 0 Å². The number of hydrogen-bond acceptors (Lipinski definition) is 1. The highest BCUT2D eigenvalue weighted by Gasteiger charge is 2.26. The molecule has 2 aromatic heterocycles. The van der Waals surface area contributed by atoms with Crippen molar-refractivity contribution < 1.29 is 0 Å². The molecule has 0 saturated heterocycles. The highest BCUT2D eigenvalue weighted by molar-refractivity contribution is 7.25. The minimum absolute atomic E-state index is 1.20. The molecule has 0 N–H and O–H groups in total. The summed E-state index contributed by atoms with van der Waals surface area (Å²) >= 11 is 1.89. The van der Waals surface area contributed by atoms with Crippen molar-refractivity contribution >= 4 is 74.9 Å². The summed E-state index contributed by atoms with van der Waals surface area (Å²) in [5.41, 5.74) is 18.2. The highest BCUT2D eigenvalue weighted by Crippen LogP contribution is 2.52. The van der Waals surface area contributed by atoms with E-state index < -0.39 is 0 Å². The van der Waals surface area contributed by atoms with Crippen LogP contribution in [-0.4, -0.2) is 4.57 Å². The number of hydrogen-bond donors (Lipinski definition) is 0. The average molecular weight is 688 g/mol. The monoisotopic (exact) mass is 687 g/mol. The fraction of sp³-hybridized carbons (Fsp3) is 0.0196. The van der Waals surface area contributed by atoms with Crippen molar-refractivity contribution in [2.24, 2.45) is 0 Å². The lowest BCUT2D eigenvalue weighted by molar-refractivity contribution is 1.18. The van der Waals surface area contributed by atoms with Crippen LogP contribution < -0.4 is 0 Å². The third-order valence-electron chi connectivity index (χ3n) is 12.1. The second-order valence-electron chi connectivity index (χ2n) is 14.9. The van der Waals surface area contributed by atoms with Gasteiger partial charge in [-0.25, -0.2) is 0 Å². The van der Waals surface area contributed by atoms with Crippen LogP contribution in [0.5, 0.6) is 0 Å². The van der Waals surface area contributed by atoms with Crippen LogP contribution in [0.1, 0.15) is 5.56 Å². The second kappa shape index (κ2) is 9.89. The molecule has 2 aliphatic rings. The summed E-state index contributed by atoms with van der Waals surface area (Å²) in [6, 6.07) is 59.7. The van der Waals surface area contributed by atoms with E-state index >= 15 is 0 Å².